The molecule has 1 aromatic carbocycles. The molecular weight excluding hydrogens is 406 g/mol. The molecule has 6 nitrogen and oxygen atoms in total. The van der Waals surface area contributed by atoms with E-state index in [4.69, 9.17) is 14.7 Å². The Morgan fingerprint density at radius 3 is 2.52 bits per heavy atom. The van der Waals surface area contributed by atoms with Gasteiger partial charge >= 0.3 is 0 Å². The first-order chi connectivity index (χ1) is 15.3. The van der Waals surface area contributed by atoms with Crippen LogP contribution in [0.1, 0.15) is 49.5 Å². The number of methoxy groups -OCH3 is 1. The highest BCUT2D eigenvalue weighted by atomic mass is 32.1. The van der Waals surface area contributed by atoms with Gasteiger partial charge in [0.1, 0.15) is 5.75 Å². The van der Waals surface area contributed by atoms with E-state index in [1.807, 2.05) is 24.4 Å². The molecule has 31 heavy (non-hydrogen) atoms. The minimum atomic E-state index is 0.489. The van der Waals surface area contributed by atoms with Crippen molar-refractivity contribution in [3.8, 4) is 27.6 Å². The zero-order valence-electron chi connectivity index (χ0n) is 17.9. The zero-order chi connectivity index (χ0) is 21.0. The number of ether oxygens (including phenoxy) is 1. The van der Waals surface area contributed by atoms with Gasteiger partial charge in [0, 0.05) is 23.7 Å². The van der Waals surface area contributed by atoms with Gasteiger partial charge in [-0.15, -0.1) is 11.3 Å². The molecule has 0 amide bonds. The van der Waals surface area contributed by atoms with Crippen LogP contribution in [0.2, 0.25) is 0 Å². The molecule has 162 valence electrons. The maximum absolute atomic E-state index is 5.35. The first kappa shape index (κ1) is 20.4. The van der Waals surface area contributed by atoms with Crippen molar-refractivity contribution in [3.05, 3.63) is 41.5 Å². The van der Waals surface area contributed by atoms with E-state index in [2.05, 4.69) is 27.8 Å². The van der Waals surface area contributed by atoms with Crippen LogP contribution in [-0.4, -0.2) is 41.2 Å². The van der Waals surface area contributed by atoms with E-state index in [1.54, 1.807) is 18.4 Å². The lowest BCUT2D eigenvalue weighted by atomic mass is 9.99. The highest BCUT2D eigenvalue weighted by Gasteiger charge is 2.24. The smallest absolute Gasteiger partial charge is 0.223 e. The fourth-order valence-electron chi connectivity index (χ4n) is 4.51. The summed E-state index contributed by atoms with van der Waals surface area (Å²) in [6.45, 7) is 2.11. The topological polar surface area (TPSA) is 72.0 Å². The number of piperidine rings is 1. The summed E-state index contributed by atoms with van der Waals surface area (Å²) in [7, 11) is 1.69. The van der Waals surface area contributed by atoms with Gasteiger partial charge in [-0.05, 0) is 69.1 Å². The van der Waals surface area contributed by atoms with E-state index in [-0.39, 0.29) is 0 Å². The summed E-state index contributed by atoms with van der Waals surface area (Å²) in [5.41, 5.74) is 3.04. The molecule has 0 bridgehead atoms. The van der Waals surface area contributed by atoms with Crippen molar-refractivity contribution in [2.24, 2.45) is 0 Å². The van der Waals surface area contributed by atoms with Crippen LogP contribution in [0.4, 0.5) is 5.95 Å². The molecule has 1 saturated heterocycles. The van der Waals surface area contributed by atoms with Gasteiger partial charge in [0.05, 0.1) is 28.4 Å². The minimum Gasteiger partial charge on any atom is -0.497 e. The normalized spacial score (nSPS) is 17.7. The van der Waals surface area contributed by atoms with Gasteiger partial charge in [-0.2, -0.15) is 0 Å². The zero-order valence-corrected chi connectivity index (χ0v) is 18.8. The predicted octanol–water partition coefficient (Wildman–Crippen LogP) is 5.10. The summed E-state index contributed by atoms with van der Waals surface area (Å²) in [4.78, 5) is 15.6. The standard InChI is InChI=1S/C24H29N5OS/c1-30-19-8-6-16(7-9-19)21-22(31-23(29-21)17-10-13-25-14-11-17)20-12-15-26-24(28-20)27-18-4-2-3-5-18/h6-9,12,15,17-18,25H,2-5,10-11,13-14H2,1H3,(H,26,27,28). The van der Waals surface area contributed by atoms with Gasteiger partial charge in [-0.25, -0.2) is 15.0 Å². The third-order valence-electron chi connectivity index (χ3n) is 6.27. The van der Waals surface area contributed by atoms with Crippen molar-refractivity contribution in [1.29, 1.82) is 0 Å². The molecule has 3 aromatic rings. The van der Waals surface area contributed by atoms with Crippen LogP contribution in [0, 0.1) is 0 Å². The average Bonchev–Trinajstić information content (AvgIpc) is 3.50. The van der Waals surface area contributed by atoms with Crippen molar-refractivity contribution in [3.63, 3.8) is 0 Å². The Morgan fingerprint density at radius 1 is 1.00 bits per heavy atom. The number of hydrogen-bond acceptors (Lipinski definition) is 7. The van der Waals surface area contributed by atoms with E-state index < -0.39 is 0 Å². The fraction of sp³-hybridized carbons (Fsp3) is 0.458. The van der Waals surface area contributed by atoms with Gasteiger partial charge in [-0.1, -0.05) is 12.8 Å². The molecule has 0 unspecified atom stereocenters. The number of benzene rings is 1. The van der Waals surface area contributed by atoms with Crippen molar-refractivity contribution in [1.82, 2.24) is 20.3 Å². The van der Waals surface area contributed by atoms with E-state index >= 15 is 0 Å². The second-order valence-corrected chi connectivity index (χ2v) is 9.40. The lowest BCUT2D eigenvalue weighted by Gasteiger charge is -2.20. The van der Waals surface area contributed by atoms with E-state index in [1.165, 1.54) is 30.7 Å². The van der Waals surface area contributed by atoms with E-state index in [9.17, 15) is 0 Å². The van der Waals surface area contributed by atoms with Crippen LogP contribution in [-0.2, 0) is 0 Å². The summed E-state index contributed by atoms with van der Waals surface area (Å²) in [5.74, 6) is 2.08. The van der Waals surface area contributed by atoms with Crippen molar-refractivity contribution in [2.75, 3.05) is 25.5 Å². The fourth-order valence-corrected chi connectivity index (χ4v) is 5.73. The molecule has 2 N–H and O–H groups in total. The Labute approximate surface area is 187 Å². The van der Waals surface area contributed by atoms with Crippen LogP contribution in [0.3, 0.4) is 0 Å². The maximum atomic E-state index is 5.35. The Morgan fingerprint density at radius 2 is 1.77 bits per heavy atom. The number of anilines is 1. The predicted molar refractivity (Wildman–Crippen MR) is 126 cm³/mol. The molecule has 0 radical (unpaired) electrons. The molecule has 0 spiro atoms. The van der Waals surface area contributed by atoms with E-state index in [0.29, 0.717) is 12.0 Å². The average molecular weight is 436 g/mol. The lowest BCUT2D eigenvalue weighted by Crippen LogP contribution is -2.26. The van der Waals surface area contributed by atoms with Gasteiger partial charge in [0.2, 0.25) is 5.95 Å². The number of nitrogens with zero attached hydrogens (tertiary/aromatic N) is 3. The second-order valence-electron chi connectivity index (χ2n) is 8.37. The summed E-state index contributed by atoms with van der Waals surface area (Å²) in [6.07, 6.45) is 9.10. The minimum absolute atomic E-state index is 0.489. The number of hydrogen-bond donors (Lipinski definition) is 2. The molecule has 1 aliphatic carbocycles. The molecule has 5 rings (SSSR count). The Balaban J connectivity index is 1.51. The van der Waals surface area contributed by atoms with Crippen molar-refractivity contribution >= 4 is 17.3 Å². The highest BCUT2D eigenvalue weighted by Crippen LogP contribution is 2.41. The Bertz CT molecular complexity index is 1010. The maximum Gasteiger partial charge on any atom is 0.223 e. The summed E-state index contributed by atoms with van der Waals surface area (Å²) >= 11 is 1.79. The molecule has 3 heterocycles. The number of rotatable bonds is 6. The lowest BCUT2D eigenvalue weighted by molar-refractivity contribution is 0.415. The number of nitrogens with one attached hydrogen (secondary N) is 2. The molecule has 1 aliphatic heterocycles. The molecule has 7 heteroatoms. The number of aromatic nitrogens is 3. The third kappa shape index (κ3) is 4.57. The number of thiazole rings is 1. The molecule has 0 atom stereocenters. The van der Waals surface area contributed by atoms with Gasteiger partial charge in [0.15, 0.2) is 0 Å². The Kier molecular flexibility index (Phi) is 6.13. The SMILES string of the molecule is COc1ccc(-c2nc(C3CCNCC3)sc2-c2ccnc(NC3CCCC3)n2)cc1. The second kappa shape index (κ2) is 9.32. The van der Waals surface area contributed by atoms with Gasteiger partial charge in [-0.3, -0.25) is 0 Å². The molecular formula is C24H29N5OS. The molecule has 1 saturated carbocycles. The summed E-state index contributed by atoms with van der Waals surface area (Å²) < 4.78 is 5.35. The first-order valence-electron chi connectivity index (χ1n) is 11.3. The largest absolute Gasteiger partial charge is 0.497 e. The van der Waals surface area contributed by atoms with E-state index in [0.717, 1.165) is 59.5 Å². The van der Waals surface area contributed by atoms with Crippen LogP contribution >= 0.6 is 11.3 Å². The van der Waals surface area contributed by atoms with Crippen LogP contribution in [0.15, 0.2) is 36.5 Å². The van der Waals surface area contributed by atoms with Crippen molar-refractivity contribution in [2.45, 2.75) is 50.5 Å². The summed E-state index contributed by atoms with van der Waals surface area (Å²) in [5, 5.41) is 8.20. The van der Waals surface area contributed by atoms with Gasteiger partial charge < -0.3 is 15.4 Å². The third-order valence-corrected chi connectivity index (χ3v) is 7.51. The van der Waals surface area contributed by atoms with Crippen LogP contribution in [0.5, 0.6) is 5.75 Å². The molecule has 2 fully saturated rings. The monoisotopic (exact) mass is 435 g/mol. The van der Waals surface area contributed by atoms with Crippen molar-refractivity contribution < 1.29 is 4.74 Å². The molecule has 2 aliphatic rings. The highest BCUT2D eigenvalue weighted by molar-refractivity contribution is 7.15. The molecule has 2 aromatic heterocycles. The quantitative estimate of drug-likeness (QED) is 0.561. The Hall–Kier alpha value is -2.51. The van der Waals surface area contributed by atoms with Gasteiger partial charge in [0.25, 0.3) is 0 Å². The van der Waals surface area contributed by atoms with Crippen LogP contribution in [0.25, 0.3) is 21.8 Å². The first-order valence-corrected chi connectivity index (χ1v) is 12.1. The summed E-state index contributed by atoms with van der Waals surface area (Å²) in [6, 6.07) is 10.7. The van der Waals surface area contributed by atoms with Crippen LogP contribution < -0.4 is 15.4 Å².